The molecule has 1 atom stereocenters. The zero-order chi connectivity index (χ0) is 18.6. The van der Waals surface area contributed by atoms with Crippen LogP contribution in [0.15, 0.2) is 23.5 Å². The average molecular weight is 345 g/mol. The Bertz CT molecular complexity index is 759. The smallest absolute Gasteiger partial charge is 0.231 e. The number of nitrogens with two attached hydrogens (primary N) is 1. The van der Waals surface area contributed by atoms with E-state index in [-0.39, 0.29) is 17.9 Å². The van der Waals surface area contributed by atoms with Crippen molar-refractivity contribution in [3.8, 4) is 11.3 Å². The average Bonchev–Trinajstić information content (AvgIpc) is 3.21. The van der Waals surface area contributed by atoms with Gasteiger partial charge in [-0.1, -0.05) is 20.8 Å². The Hall–Kier alpha value is -2.64. The Morgan fingerprint density at radius 2 is 2.04 bits per heavy atom. The summed E-state index contributed by atoms with van der Waals surface area (Å²) in [6.07, 6.45) is 5.11. The first kappa shape index (κ1) is 18.7. The fraction of sp³-hybridized carbons (Fsp3) is 0.529. The number of aryl methyl sites for hydroxylation is 2. The van der Waals surface area contributed by atoms with Crippen LogP contribution in [-0.4, -0.2) is 43.4 Å². The molecule has 0 radical (unpaired) electrons. The number of amides is 1. The second-order valence-electron chi connectivity index (χ2n) is 5.73. The van der Waals surface area contributed by atoms with Crippen LogP contribution in [0.2, 0.25) is 0 Å². The van der Waals surface area contributed by atoms with Crippen molar-refractivity contribution in [2.45, 2.75) is 46.2 Å². The van der Waals surface area contributed by atoms with Crippen LogP contribution in [0.1, 0.15) is 45.3 Å². The Labute approximate surface area is 148 Å². The molecule has 1 unspecified atom stereocenters. The molecule has 136 valence electrons. The third-order valence-corrected chi connectivity index (χ3v) is 4.01. The highest BCUT2D eigenvalue weighted by molar-refractivity contribution is 5.98. The number of aromatic nitrogens is 4. The van der Waals surface area contributed by atoms with E-state index in [2.05, 4.69) is 22.1 Å². The van der Waals surface area contributed by atoms with Gasteiger partial charge in [-0.05, 0) is 12.5 Å². The van der Waals surface area contributed by atoms with E-state index < -0.39 is 0 Å². The highest BCUT2D eigenvalue weighted by Crippen LogP contribution is 2.28. The summed E-state index contributed by atoms with van der Waals surface area (Å²) < 4.78 is 3.66. The summed E-state index contributed by atoms with van der Waals surface area (Å²) >= 11 is 0. The first-order valence-corrected chi connectivity index (χ1v) is 8.66. The Kier molecular flexibility index (Phi) is 5.95. The number of carbonyl (C=O) groups is 1. The van der Waals surface area contributed by atoms with Crippen LogP contribution in [0.5, 0.6) is 0 Å². The van der Waals surface area contributed by atoms with Gasteiger partial charge in [0.1, 0.15) is 6.04 Å². The molecule has 1 amide bonds. The molecule has 0 saturated heterocycles. The maximum Gasteiger partial charge on any atom is 0.231 e. The summed E-state index contributed by atoms with van der Waals surface area (Å²) in [4.78, 5) is 17.8. The highest BCUT2D eigenvalue weighted by Gasteiger charge is 2.28. The van der Waals surface area contributed by atoms with Gasteiger partial charge in [0.05, 0.1) is 24.0 Å². The summed E-state index contributed by atoms with van der Waals surface area (Å²) in [6.45, 7) is 6.99. The lowest BCUT2D eigenvalue weighted by atomic mass is 10.1. The predicted octanol–water partition coefficient (Wildman–Crippen LogP) is 1.94. The van der Waals surface area contributed by atoms with Gasteiger partial charge in [0, 0.05) is 32.4 Å². The second-order valence-corrected chi connectivity index (χ2v) is 5.73. The molecule has 25 heavy (non-hydrogen) atoms. The van der Waals surface area contributed by atoms with Crippen LogP contribution in [0, 0.1) is 0 Å². The van der Waals surface area contributed by atoms with Gasteiger partial charge in [-0.3, -0.25) is 19.1 Å². The number of hydrogen-bond acceptors (Lipinski definition) is 5. The summed E-state index contributed by atoms with van der Waals surface area (Å²) in [5.41, 5.74) is 8.46. The SMILES string of the molecule is CC.CCCn1cc(-c2cc(C3CC(=O)N(C)C(N)=N3)n(C)n2)cn1. The molecule has 2 aromatic heterocycles. The molecule has 8 nitrogen and oxygen atoms in total. The monoisotopic (exact) mass is 345 g/mol. The van der Waals surface area contributed by atoms with Crippen molar-refractivity contribution in [1.29, 1.82) is 0 Å². The second kappa shape index (κ2) is 7.96. The number of aliphatic imine (C=N–C) groups is 1. The van der Waals surface area contributed by atoms with Crippen molar-refractivity contribution in [2.24, 2.45) is 17.8 Å². The lowest BCUT2D eigenvalue weighted by Gasteiger charge is -2.25. The van der Waals surface area contributed by atoms with Gasteiger partial charge in [-0.25, -0.2) is 4.99 Å². The van der Waals surface area contributed by atoms with Crippen molar-refractivity contribution in [3.63, 3.8) is 0 Å². The van der Waals surface area contributed by atoms with Gasteiger partial charge in [0.2, 0.25) is 5.91 Å². The molecule has 3 rings (SSSR count). The van der Waals surface area contributed by atoms with Crippen LogP contribution < -0.4 is 5.73 Å². The van der Waals surface area contributed by atoms with Gasteiger partial charge < -0.3 is 5.73 Å². The number of carbonyl (C=O) groups excluding carboxylic acids is 1. The normalized spacial score (nSPS) is 17.2. The maximum atomic E-state index is 12.0. The van der Waals surface area contributed by atoms with E-state index in [1.165, 1.54) is 4.90 Å². The summed E-state index contributed by atoms with van der Waals surface area (Å²) in [5.74, 6) is 0.200. The molecule has 0 fully saturated rings. The van der Waals surface area contributed by atoms with Gasteiger partial charge in [-0.2, -0.15) is 10.2 Å². The molecule has 0 bridgehead atoms. The van der Waals surface area contributed by atoms with E-state index in [1.807, 2.05) is 37.8 Å². The van der Waals surface area contributed by atoms with Crippen molar-refractivity contribution >= 4 is 11.9 Å². The van der Waals surface area contributed by atoms with Gasteiger partial charge in [-0.15, -0.1) is 0 Å². The topological polar surface area (TPSA) is 94.3 Å². The lowest BCUT2D eigenvalue weighted by Crippen LogP contribution is -2.43. The van der Waals surface area contributed by atoms with E-state index in [1.54, 1.807) is 17.9 Å². The Balaban J connectivity index is 0.00000109. The van der Waals surface area contributed by atoms with E-state index in [0.29, 0.717) is 6.42 Å². The molecule has 0 spiro atoms. The molecule has 1 aliphatic heterocycles. The molecule has 0 saturated carbocycles. The highest BCUT2D eigenvalue weighted by atomic mass is 16.2. The fourth-order valence-electron chi connectivity index (χ4n) is 2.67. The zero-order valence-electron chi connectivity index (χ0n) is 15.6. The predicted molar refractivity (Wildman–Crippen MR) is 97.8 cm³/mol. The molecule has 0 aromatic carbocycles. The molecule has 8 heteroatoms. The van der Waals surface area contributed by atoms with E-state index in [4.69, 9.17) is 5.73 Å². The largest absolute Gasteiger partial charge is 0.369 e. The van der Waals surface area contributed by atoms with Gasteiger partial charge in [0.25, 0.3) is 0 Å². The fourth-order valence-corrected chi connectivity index (χ4v) is 2.67. The Morgan fingerprint density at radius 3 is 2.68 bits per heavy atom. The number of rotatable bonds is 4. The summed E-state index contributed by atoms with van der Waals surface area (Å²) in [5, 5.41) is 8.85. The van der Waals surface area contributed by atoms with Crippen LogP contribution in [0.25, 0.3) is 11.3 Å². The lowest BCUT2D eigenvalue weighted by molar-refractivity contribution is -0.127. The third kappa shape index (κ3) is 3.89. The summed E-state index contributed by atoms with van der Waals surface area (Å²) in [6, 6.07) is 1.66. The van der Waals surface area contributed by atoms with Crippen LogP contribution in [-0.2, 0) is 18.4 Å². The number of guanidine groups is 1. The van der Waals surface area contributed by atoms with Crippen LogP contribution in [0.4, 0.5) is 0 Å². The molecule has 1 aliphatic rings. The molecular formula is C17H27N7O. The van der Waals surface area contributed by atoms with E-state index in [9.17, 15) is 4.79 Å². The van der Waals surface area contributed by atoms with Crippen molar-refractivity contribution in [1.82, 2.24) is 24.5 Å². The minimum absolute atomic E-state index is 0.0407. The van der Waals surface area contributed by atoms with Crippen molar-refractivity contribution in [3.05, 3.63) is 24.2 Å². The summed E-state index contributed by atoms with van der Waals surface area (Å²) in [7, 11) is 3.48. The van der Waals surface area contributed by atoms with E-state index >= 15 is 0 Å². The number of hydrogen-bond donors (Lipinski definition) is 1. The zero-order valence-corrected chi connectivity index (χ0v) is 15.6. The molecule has 2 N–H and O–H groups in total. The van der Waals surface area contributed by atoms with E-state index in [0.717, 1.165) is 29.9 Å². The van der Waals surface area contributed by atoms with Crippen LogP contribution >= 0.6 is 0 Å². The van der Waals surface area contributed by atoms with Crippen molar-refractivity contribution < 1.29 is 4.79 Å². The molecular weight excluding hydrogens is 318 g/mol. The number of nitrogens with zero attached hydrogens (tertiary/aromatic N) is 6. The van der Waals surface area contributed by atoms with Crippen molar-refractivity contribution in [2.75, 3.05) is 7.05 Å². The first-order chi connectivity index (χ1) is 12.0. The van der Waals surface area contributed by atoms with Gasteiger partial charge in [0.15, 0.2) is 5.96 Å². The maximum absolute atomic E-state index is 12.0. The molecule has 0 aliphatic carbocycles. The minimum atomic E-state index is -0.296. The van der Waals surface area contributed by atoms with Gasteiger partial charge >= 0.3 is 0 Å². The quantitative estimate of drug-likeness (QED) is 0.916. The first-order valence-electron chi connectivity index (χ1n) is 8.66. The molecule has 3 heterocycles. The minimum Gasteiger partial charge on any atom is -0.369 e. The third-order valence-electron chi connectivity index (χ3n) is 4.01. The molecule has 2 aromatic rings. The Morgan fingerprint density at radius 1 is 1.32 bits per heavy atom. The standard InChI is InChI=1S/C15H21N7O.C2H6/c1-4-5-22-9-10(8-17-22)11-6-13(21(3)19-11)12-7-14(23)20(2)15(16)18-12;1-2/h6,8-9,12H,4-5,7H2,1-3H3,(H2,16,18);1-2H3. The van der Waals surface area contributed by atoms with Crippen LogP contribution in [0.3, 0.4) is 0 Å².